The van der Waals surface area contributed by atoms with Crippen molar-refractivity contribution in [3.05, 3.63) is 0 Å². The molecule has 21 heavy (non-hydrogen) atoms. The Hall–Kier alpha value is -0.320. The standard InChI is InChI=1S/C16H31N3O.ClH/c1-14(16(20)18-9-5-3-4-6-10-18)19-11-7-8-15(13-19)12-17-2;/h14-15,17H,3-13H2,1-2H3;1H. The van der Waals surface area contributed by atoms with E-state index in [1.54, 1.807) is 0 Å². The van der Waals surface area contributed by atoms with Crippen LogP contribution in [0.5, 0.6) is 0 Å². The fourth-order valence-electron chi connectivity index (χ4n) is 3.62. The van der Waals surface area contributed by atoms with Crippen LogP contribution in [0.25, 0.3) is 0 Å². The van der Waals surface area contributed by atoms with E-state index in [0.717, 1.165) is 32.7 Å². The molecule has 1 amide bonds. The summed E-state index contributed by atoms with van der Waals surface area (Å²) in [6.07, 6.45) is 7.45. The van der Waals surface area contributed by atoms with Gasteiger partial charge in [0.2, 0.25) is 5.91 Å². The molecule has 2 heterocycles. The molecule has 124 valence electrons. The number of likely N-dealkylation sites (tertiary alicyclic amines) is 2. The van der Waals surface area contributed by atoms with Gasteiger partial charge in [-0.3, -0.25) is 9.69 Å². The number of hydrogen-bond acceptors (Lipinski definition) is 3. The number of amides is 1. The van der Waals surface area contributed by atoms with Crippen molar-refractivity contribution < 1.29 is 4.79 Å². The first-order chi connectivity index (χ1) is 9.72. The van der Waals surface area contributed by atoms with Crippen molar-refractivity contribution in [2.45, 2.75) is 51.5 Å². The first-order valence-corrected chi connectivity index (χ1v) is 8.40. The Balaban J connectivity index is 0.00000220. The number of halogens is 1. The minimum atomic E-state index is 0. The number of hydrogen-bond donors (Lipinski definition) is 1. The molecular weight excluding hydrogens is 286 g/mol. The van der Waals surface area contributed by atoms with Crippen LogP contribution >= 0.6 is 12.4 Å². The highest BCUT2D eigenvalue weighted by Gasteiger charge is 2.29. The molecule has 2 fully saturated rings. The van der Waals surface area contributed by atoms with Gasteiger partial charge in [-0.15, -0.1) is 12.4 Å². The third-order valence-electron chi connectivity index (χ3n) is 4.87. The fraction of sp³-hybridized carbons (Fsp3) is 0.938. The molecule has 2 atom stereocenters. The Morgan fingerprint density at radius 3 is 2.43 bits per heavy atom. The first kappa shape index (κ1) is 18.7. The number of nitrogens with zero attached hydrogens (tertiary/aromatic N) is 2. The van der Waals surface area contributed by atoms with E-state index in [1.807, 2.05) is 7.05 Å². The molecule has 4 nitrogen and oxygen atoms in total. The molecule has 2 rings (SSSR count). The molecule has 0 aromatic rings. The number of rotatable bonds is 4. The van der Waals surface area contributed by atoms with Crippen LogP contribution in [0.1, 0.15) is 45.4 Å². The smallest absolute Gasteiger partial charge is 0.239 e. The topological polar surface area (TPSA) is 35.6 Å². The second-order valence-corrected chi connectivity index (χ2v) is 6.48. The third-order valence-corrected chi connectivity index (χ3v) is 4.87. The molecular formula is C16H32ClN3O. The molecule has 0 spiro atoms. The summed E-state index contributed by atoms with van der Waals surface area (Å²) in [5, 5.41) is 3.28. The summed E-state index contributed by atoms with van der Waals surface area (Å²) in [4.78, 5) is 17.2. The van der Waals surface area contributed by atoms with Crippen molar-refractivity contribution in [2.24, 2.45) is 5.92 Å². The lowest BCUT2D eigenvalue weighted by Gasteiger charge is -2.38. The average molecular weight is 318 g/mol. The van der Waals surface area contributed by atoms with E-state index in [1.165, 1.54) is 38.5 Å². The predicted octanol–water partition coefficient (Wildman–Crippen LogP) is 2.13. The maximum atomic E-state index is 12.7. The highest BCUT2D eigenvalue weighted by molar-refractivity contribution is 5.85. The Morgan fingerprint density at radius 1 is 1.14 bits per heavy atom. The summed E-state index contributed by atoms with van der Waals surface area (Å²) in [5.74, 6) is 1.06. The highest BCUT2D eigenvalue weighted by atomic mass is 35.5. The van der Waals surface area contributed by atoms with Gasteiger partial charge in [0.15, 0.2) is 0 Å². The van der Waals surface area contributed by atoms with Gasteiger partial charge >= 0.3 is 0 Å². The van der Waals surface area contributed by atoms with Crippen LogP contribution in [0.4, 0.5) is 0 Å². The van der Waals surface area contributed by atoms with E-state index in [0.29, 0.717) is 11.8 Å². The summed E-state index contributed by atoms with van der Waals surface area (Å²) in [6.45, 7) is 7.27. The molecule has 2 aliphatic heterocycles. The zero-order valence-corrected chi connectivity index (χ0v) is 14.5. The van der Waals surface area contributed by atoms with E-state index < -0.39 is 0 Å². The summed E-state index contributed by atoms with van der Waals surface area (Å²) in [5.41, 5.74) is 0. The van der Waals surface area contributed by atoms with Crippen LogP contribution < -0.4 is 5.32 Å². The molecule has 2 aliphatic rings. The van der Waals surface area contributed by atoms with Crippen LogP contribution in [-0.4, -0.2) is 61.5 Å². The second kappa shape index (κ2) is 9.65. The number of carbonyl (C=O) groups excluding carboxylic acids is 1. The SMILES string of the molecule is CNCC1CCCN(C(C)C(=O)N2CCCCCC2)C1.Cl. The molecule has 0 radical (unpaired) electrons. The minimum Gasteiger partial charge on any atom is -0.341 e. The van der Waals surface area contributed by atoms with Crippen LogP contribution in [0.3, 0.4) is 0 Å². The van der Waals surface area contributed by atoms with Crippen molar-refractivity contribution in [1.29, 1.82) is 0 Å². The molecule has 2 unspecified atom stereocenters. The fourth-order valence-corrected chi connectivity index (χ4v) is 3.62. The quantitative estimate of drug-likeness (QED) is 0.863. The van der Waals surface area contributed by atoms with Crippen molar-refractivity contribution in [3.8, 4) is 0 Å². The molecule has 1 N–H and O–H groups in total. The summed E-state index contributed by atoms with van der Waals surface area (Å²) in [6, 6.07) is 0.0627. The van der Waals surface area contributed by atoms with Gasteiger partial charge in [-0.05, 0) is 58.7 Å². The van der Waals surface area contributed by atoms with Crippen molar-refractivity contribution >= 4 is 18.3 Å². The molecule has 0 bridgehead atoms. The Kier molecular flexibility index (Phi) is 8.60. The Bertz CT molecular complexity index is 304. The third kappa shape index (κ3) is 5.42. The molecule has 0 aromatic heterocycles. The zero-order valence-electron chi connectivity index (χ0n) is 13.6. The molecule has 0 aromatic carbocycles. The average Bonchev–Trinajstić information content (AvgIpc) is 2.75. The Morgan fingerprint density at radius 2 is 1.81 bits per heavy atom. The maximum absolute atomic E-state index is 12.7. The molecule has 2 saturated heterocycles. The molecule has 0 aliphatic carbocycles. The van der Waals surface area contributed by atoms with E-state index in [-0.39, 0.29) is 18.4 Å². The first-order valence-electron chi connectivity index (χ1n) is 8.40. The lowest BCUT2D eigenvalue weighted by Crippen LogP contribution is -2.51. The van der Waals surface area contributed by atoms with Crippen LogP contribution in [0.2, 0.25) is 0 Å². The predicted molar refractivity (Wildman–Crippen MR) is 90.0 cm³/mol. The summed E-state index contributed by atoms with van der Waals surface area (Å²) in [7, 11) is 2.02. The zero-order chi connectivity index (χ0) is 14.4. The lowest BCUT2D eigenvalue weighted by molar-refractivity contribution is -0.137. The number of piperidine rings is 1. The Labute approximate surface area is 136 Å². The highest BCUT2D eigenvalue weighted by Crippen LogP contribution is 2.20. The van der Waals surface area contributed by atoms with Gasteiger partial charge in [-0.25, -0.2) is 0 Å². The monoisotopic (exact) mass is 317 g/mol. The summed E-state index contributed by atoms with van der Waals surface area (Å²) >= 11 is 0. The van der Waals surface area contributed by atoms with Crippen molar-refractivity contribution in [3.63, 3.8) is 0 Å². The second-order valence-electron chi connectivity index (χ2n) is 6.48. The molecule has 0 saturated carbocycles. The maximum Gasteiger partial charge on any atom is 0.239 e. The van der Waals surface area contributed by atoms with Gasteiger partial charge in [-0.1, -0.05) is 12.8 Å². The van der Waals surface area contributed by atoms with Crippen LogP contribution in [0, 0.1) is 5.92 Å². The van der Waals surface area contributed by atoms with E-state index >= 15 is 0 Å². The van der Waals surface area contributed by atoms with Crippen LogP contribution in [0.15, 0.2) is 0 Å². The molecule has 5 heteroatoms. The minimum absolute atomic E-state index is 0. The lowest BCUT2D eigenvalue weighted by atomic mass is 9.96. The number of nitrogens with one attached hydrogen (secondary N) is 1. The van der Waals surface area contributed by atoms with Gasteiger partial charge in [0.05, 0.1) is 6.04 Å². The van der Waals surface area contributed by atoms with Gasteiger partial charge in [-0.2, -0.15) is 0 Å². The van der Waals surface area contributed by atoms with Crippen LogP contribution in [-0.2, 0) is 4.79 Å². The van der Waals surface area contributed by atoms with Crippen molar-refractivity contribution in [2.75, 3.05) is 39.8 Å². The van der Waals surface area contributed by atoms with E-state index in [2.05, 4.69) is 22.0 Å². The van der Waals surface area contributed by atoms with Gasteiger partial charge in [0, 0.05) is 19.6 Å². The number of carbonyl (C=O) groups is 1. The largest absolute Gasteiger partial charge is 0.341 e. The van der Waals surface area contributed by atoms with Crippen molar-refractivity contribution in [1.82, 2.24) is 15.1 Å². The normalized spacial score (nSPS) is 25.8. The van der Waals surface area contributed by atoms with Gasteiger partial charge < -0.3 is 10.2 Å². The van der Waals surface area contributed by atoms with E-state index in [9.17, 15) is 4.79 Å². The van der Waals surface area contributed by atoms with Gasteiger partial charge in [0.1, 0.15) is 0 Å². The summed E-state index contributed by atoms with van der Waals surface area (Å²) < 4.78 is 0. The van der Waals surface area contributed by atoms with E-state index in [4.69, 9.17) is 0 Å². The van der Waals surface area contributed by atoms with Gasteiger partial charge in [0.25, 0.3) is 0 Å².